The number of ether oxygens (including phenoxy) is 1. The van der Waals surface area contributed by atoms with E-state index in [0.29, 0.717) is 34.5 Å². The van der Waals surface area contributed by atoms with E-state index in [-0.39, 0.29) is 16.8 Å². The van der Waals surface area contributed by atoms with E-state index in [4.69, 9.17) is 9.15 Å². The van der Waals surface area contributed by atoms with Crippen molar-refractivity contribution in [3.63, 3.8) is 0 Å². The first kappa shape index (κ1) is 13.5. The average molecular weight is 312 g/mol. The summed E-state index contributed by atoms with van der Waals surface area (Å²) in [5.74, 6) is 2.20. The molecule has 0 amide bonds. The zero-order chi connectivity index (χ0) is 16.1. The predicted molar refractivity (Wildman–Crippen MR) is 85.9 cm³/mol. The van der Waals surface area contributed by atoms with E-state index in [1.165, 1.54) is 12.5 Å². The third-order valence-corrected chi connectivity index (χ3v) is 6.75. The predicted octanol–water partition coefficient (Wildman–Crippen LogP) is 3.80. The van der Waals surface area contributed by atoms with Crippen molar-refractivity contribution in [2.75, 3.05) is 0 Å². The van der Waals surface area contributed by atoms with E-state index in [1.54, 1.807) is 12.1 Å². The Labute approximate surface area is 134 Å². The number of hydrogen-bond donors (Lipinski definition) is 1. The summed E-state index contributed by atoms with van der Waals surface area (Å²) in [6.07, 6.45) is 2.21. The van der Waals surface area contributed by atoms with Crippen molar-refractivity contribution in [1.29, 1.82) is 0 Å². The Morgan fingerprint density at radius 2 is 2.04 bits per heavy atom. The summed E-state index contributed by atoms with van der Waals surface area (Å²) in [6.45, 7) is 6.80. The summed E-state index contributed by atoms with van der Waals surface area (Å²) in [5.41, 5.74) is 1.06. The molecule has 2 heterocycles. The van der Waals surface area contributed by atoms with E-state index in [9.17, 15) is 9.90 Å². The second-order valence-electron chi connectivity index (χ2n) is 8.19. The van der Waals surface area contributed by atoms with Gasteiger partial charge in [0.05, 0.1) is 5.39 Å². The maximum Gasteiger partial charge on any atom is 0.336 e. The van der Waals surface area contributed by atoms with E-state index < -0.39 is 5.63 Å². The Morgan fingerprint density at radius 1 is 1.26 bits per heavy atom. The van der Waals surface area contributed by atoms with Crippen LogP contribution in [0.25, 0.3) is 11.0 Å². The summed E-state index contributed by atoms with van der Waals surface area (Å²) in [4.78, 5) is 11.8. The molecule has 5 rings (SSSR count). The molecule has 120 valence electrons. The van der Waals surface area contributed by atoms with Gasteiger partial charge in [0.25, 0.3) is 0 Å². The third kappa shape index (κ3) is 1.41. The van der Waals surface area contributed by atoms with E-state index in [2.05, 4.69) is 20.8 Å². The lowest BCUT2D eigenvalue weighted by Crippen LogP contribution is -2.59. The fourth-order valence-electron chi connectivity index (χ4n) is 5.72. The molecule has 4 atom stereocenters. The van der Waals surface area contributed by atoms with Gasteiger partial charge in [-0.25, -0.2) is 4.79 Å². The van der Waals surface area contributed by atoms with Crippen LogP contribution >= 0.6 is 0 Å². The van der Waals surface area contributed by atoms with E-state index >= 15 is 0 Å². The molecule has 0 bridgehead atoms. The van der Waals surface area contributed by atoms with Gasteiger partial charge in [0.15, 0.2) is 0 Å². The van der Waals surface area contributed by atoms with Gasteiger partial charge in [0.1, 0.15) is 22.7 Å². The first-order valence-electron chi connectivity index (χ1n) is 8.32. The number of benzene rings is 1. The van der Waals surface area contributed by atoms with Gasteiger partial charge in [0, 0.05) is 29.5 Å². The lowest BCUT2D eigenvalue weighted by molar-refractivity contribution is -0.119. The summed E-state index contributed by atoms with van der Waals surface area (Å²) in [6, 6.07) is 4.69. The van der Waals surface area contributed by atoms with Crippen LogP contribution in [0.3, 0.4) is 0 Å². The first-order valence-corrected chi connectivity index (χ1v) is 8.32. The van der Waals surface area contributed by atoms with Crippen LogP contribution in [-0.2, 0) is 0 Å². The minimum atomic E-state index is -0.390. The molecule has 3 aliphatic rings. The number of aromatic hydroxyl groups is 1. The molecule has 1 N–H and O–H groups in total. The quantitative estimate of drug-likeness (QED) is 0.752. The van der Waals surface area contributed by atoms with Crippen molar-refractivity contribution in [3.05, 3.63) is 34.2 Å². The van der Waals surface area contributed by atoms with Crippen LogP contribution in [0, 0.1) is 17.3 Å². The molecule has 1 aromatic heterocycles. The van der Waals surface area contributed by atoms with Gasteiger partial charge in [0.2, 0.25) is 0 Å². The van der Waals surface area contributed by atoms with E-state index in [1.807, 2.05) is 0 Å². The van der Waals surface area contributed by atoms with Crippen LogP contribution in [0.5, 0.6) is 11.5 Å². The van der Waals surface area contributed by atoms with Crippen molar-refractivity contribution in [2.24, 2.45) is 17.3 Å². The highest BCUT2D eigenvalue weighted by Gasteiger charge is 2.69. The number of phenolic OH excluding ortho intramolecular Hbond substituents is 1. The molecule has 0 spiro atoms. The second-order valence-corrected chi connectivity index (χ2v) is 8.19. The van der Waals surface area contributed by atoms with Crippen molar-refractivity contribution in [1.82, 2.24) is 0 Å². The van der Waals surface area contributed by atoms with Crippen LogP contribution in [0.15, 0.2) is 27.4 Å². The molecule has 2 aliphatic carbocycles. The van der Waals surface area contributed by atoms with Crippen molar-refractivity contribution >= 4 is 11.0 Å². The fourth-order valence-corrected chi connectivity index (χ4v) is 5.72. The highest BCUT2D eigenvalue weighted by Crippen LogP contribution is 2.74. The molecule has 1 aromatic carbocycles. The maximum absolute atomic E-state index is 11.8. The molecule has 0 saturated heterocycles. The van der Waals surface area contributed by atoms with Crippen LogP contribution in [-0.4, -0.2) is 10.7 Å². The lowest BCUT2D eigenvalue weighted by atomic mass is 9.45. The molecule has 0 radical (unpaired) electrons. The zero-order valence-corrected chi connectivity index (χ0v) is 13.6. The van der Waals surface area contributed by atoms with Gasteiger partial charge in [-0.1, -0.05) is 13.8 Å². The maximum atomic E-state index is 11.8. The molecule has 2 aromatic rings. The molecule has 2 saturated carbocycles. The molecule has 2 fully saturated rings. The van der Waals surface area contributed by atoms with Crippen molar-refractivity contribution in [3.8, 4) is 11.5 Å². The van der Waals surface area contributed by atoms with Crippen molar-refractivity contribution < 1.29 is 14.3 Å². The zero-order valence-electron chi connectivity index (χ0n) is 13.6. The highest BCUT2D eigenvalue weighted by molar-refractivity contribution is 5.89. The number of hydrogen-bond acceptors (Lipinski definition) is 4. The van der Waals surface area contributed by atoms with Crippen LogP contribution in [0.1, 0.15) is 45.1 Å². The van der Waals surface area contributed by atoms with Gasteiger partial charge in [-0.3, -0.25) is 0 Å². The summed E-state index contributed by atoms with van der Waals surface area (Å²) >= 11 is 0. The standard InChI is InChI=1S/C19H20O4/c1-18(2)10-6-7-19(3)15(10)16(18)14-12(23-19)8-11(20)9-4-5-13(21)22-17(9)14/h4-5,8,10,15-16,20H,6-7H2,1-3H3/t10-,15+,16+,19+/m1/s1. The molecular formula is C19H20O4. The van der Waals surface area contributed by atoms with Gasteiger partial charge in [-0.05, 0) is 37.2 Å². The topological polar surface area (TPSA) is 59.7 Å². The largest absolute Gasteiger partial charge is 0.507 e. The van der Waals surface area contributed by atoms with Gasteiger partial charge in [-0.15, -0.1) is 0 Å². The molecule has 0 unspecified atom stereocenters. The monoisotopic (exact) mass is 312 g/mol. The molecule has 4 nitrogen and oxygen atoms in total. The van der Waals surface area contributed by atoms with E-state index in [0.717, 1.165) is 12.0 Å². The van der Waals surface area contributed by atoms with Gasteiger partial charge in [-0.2, -0.15) is 0 Å². The SMILES string of the molecule is CC1(C)[C@@H]2CC[C@]3(C)Oc4cc(O)c5ccc(=O)oc5c4[C@H]1[C@H]23. The van der Waals surface area contributed by atoms with Crippen LogP contribution < -0.4 is 10.4 Å². The summed E-state index contributed by atoms with van der Waals surface area (Å²) < 4.78 is 11.9. The Balaban J connectivity index is 1.87. The molecule has 23 heavy (non-hydrogen) atoms. The average Bonchev–Trinajstić information content (AvgIpc) is 2.81. The van der Waals surface area contributed by atoms with Gasteiger partial charge >= 0.3 is 5.63 Å². The minimum Gasteiger partial charge on any atom is -0.507 e. The molecular weight excluding hydrogens is 292 g/mol. The molecule has 1 aliphatic heterocycles. The minimum absolute atomic E-state index is 0.108. The normalized spacial score (nSPS) is 36.0. The summed E-state index contributed by atoms with van der Waals surface area (Å²) in [5, 5.41) is 10.9. The lowest BCUT2D eigenvalue weighted by Gasteiger charge is -2.62. The smallest absolute Gasteiger partial charge is 0.336 e. The van der Waals surface area contributed by atoms with Crippen LogP contribution in [0.4, 0.5) is 0 Å². The van der Waals surface area contributed by atoms with Gasteiger partial charge < -0.3 is 14.3 Å². The second kappa shape index (κ2) is 3.74. The first-order chi connectivity index (χ1) is 10.8. The number of phenols is 1. The Morgan fingerprint density at radius 3 is 2.83 bits per heavy atom. The highest BCUT2D eigenvalue weighted by atomic mass is 16.5. The van der Waals surface area contributed by atoms with Crippen molar-refractivity contribution in [2.45, 2.75) is 45.1 Å². The van der Waals surface area contributed by atoms with Crippen LogP contribution in [0.2, 0.25) is 0 Å². The Hall–Kier alpha value is -1.97. The Bertz CT molecular complexity index is 909. The fraction of sp³-hybridized carbons (Fsp3) is 0.526. The third-order valence-electron chi connectivity index (χ3n) is 6.75. The number of fused-ring (bicyclic) bond motifs is 4. The summed E-state index contributed by atoms with van der Waals surface area (Å²) in [7, 11) is 0. The number of rotatable bonds is 0. The Kier molecular flexibility index (Phi) is 2.19. The molecule has 4 heteroatoms.